The molecular formula is C22H22ClN3O2. The van der Waals surface area contributed by atoms with Crippen LogP contribution in [0.4, 0.5) is 10.5 Å². The number of amides is 2. The highest BCUT2D eigenvalue weighted by molar-refractivity contribution is 6.30. The summed E-state index contributed by atoms with van der Waals surface area (Å²) in [5, 5.41) is 3.57. The van der Waals surface area contributed by atoms with Gasteiger partial charge in [0.2, 0.25) is 0 Å². The molecule has 2 aromatic carbocycles. The Kier molecular flexibility index (Phi) is 5.26. The molecule has 2 amide bonds. The van der Waals surface area contributed by atoms with E-state index in [0.717, 1.165) is 23.6 Å². The van der Waals surface area contributed by atoms with Crippen LogP contribution in [0, 0.1) is 0 Å². The molecule has 0 bridgehead atoms. The van der Waals surface area contributed by atoms with Crippen LogP contribution in [0.25, 0.3) is 0 Å². The van der Waals surface area contributed by atoms with Crippen molar-refractivity contribution in [2.75, 3.05) is 18.5 Å². The van der Waals surface area contributed by atoms with E-state index in [0.29, 0.717) is 23.9 Å². The van der Waals surface area contributed by atoms with Crippen molar-refractivity contribution in [2.24, 2.45) is 0 Å². The molecule has 1 aromatic heterocycles. The van der Waals surface area contributed by atoms with E-state index in [1.807, 2.05) is 54.3 Å². The molecule has 1 aliphatic rings. The van der Waals surface area contributed by atoms with Gasteiger partial charge in [0.1, 0.15) is 5.75 Å². The van der Waals surface area contributed by atoms with E-state index in [9.17, 15) is 4.79 Å². The van der Waals surface area contributed by atoms with E-state index in [1.54, 1.807) is 12.1 Å². The van der Waals surface area contributed by atoms with Crippen LogP contribution in [0.1, 0.15) is 24.2 Å². The molecule has 3 aromatic rings. The predicted octanol–water partition coefficient (Wildman–Crippen LogP) is 5.18. The molecule has 6 heteroatoms. The maximum absolute atomic E-state index is 13.1. The van der Waals surface area contributed by atoms with E-state index < -0.39 is 0 Å². The summed E-state index contributed by atoms with van der Waals surface area (Å²) in [6, 6.07) is 18.9. The van der Waals surface area contributed by atoms with Crippen molar-refractivity contribution in [3.8, 4) is 5.75 Å². The van der Waals surface area contributed by atoms with Crippen molar-refractivity contribution in [2.45, 2.75) is 19.5 Å². The van der Waals surface area contributed by atoms with Crippen LogP contribution in [-0.2, 0) is 6.54 Å². The number of hydrogen-bond acceptors (Lipinski definition) is 2. The Morgan fingerprint density at radius 3 is 2.71 bits per heavy atom. The van der Waals surface area contributed by atoms with Crippen molar-refractivity contribution >= 4 is 23.3 Å². The Balaban J connectivity index is 1.64. The van der Waals surface area contributed by atoms with Gasteiger partial charge in [-0.2, -0.15) is 0 Å². The molecule has 0 aliphatic carbocycles. The maximum Gasteiger partial charge on any atom is 0.322 e. The highest BCUT2D eigenvalue weighted by Gasteiger charge is 2.32. The molecule has 28 heavy (non-hydrogen) atoms. The quantitative estimate of drug-likeness (QED) is 0.661. The molecule has 1 aliphatic heterocycles. The molecule has 0 saturated heterocycles. The van der Waals surface area contributed by atoms with E-state index in [2.05, 4.69) is 22.1 Å². The standard InChI is InChI=1S/C22H22ClN3O2/c1-2-28-19-10-8-16(9-11-19)21-20-7-4-12-25(20)13-14-26(21)22(27)24-18-6-3-5-17(23)15-18/h3-12,15,21H,2,13-14H2,1H3,(H,24,27)/t21-/m0/s1. The van der Waals surface area contributed by atoms with Crippen molar-refractivity contribution in [1.29, 1.82) is 0 Å². The van der Waals surface area contributed by atoms with Gasteiger partial charge in [-0.3, -0.25) is 0 Å². The number of hydrogen-bond donors (Lipinski definition) is 1. The lowest BCUT2D eigenvalue weighted by molar-refractivity contribution is 0.182. The number of rotatable bonds is 4. The minimum Gasteiger partial charge on any atom is -0.494 e. The first-order chi connectivity index (χ1) is 13.7. The smallest absolute Gasteiger partial charge is 0.322 e. The van der Waals surface area contributed by atoms with Gasteiger partial charge in [-0.15, -0.1) is 0 Å². The zero-order valence-corrected chi connectivity index (χ0v) is 16.4. The molecule has 1 atom stereocenters. The number of nitrogens with zero attached hydrogens (tertiary/aromatic N) is 2. The summed E-state index contributed by atoms with van der Waals surface area (Å²) in [5.74, 6) is 0.826. The number of carbonyl (C=O) groups is 1. The van der Waals surface area contributed by atoms with Gasteiger partial charge in [0.05, 0.1) is 12.6 Å². The Bertz CT molecular complexity index is 968. The molecule has 4 rings (SSSR count). The van der Waals surface area contributed by atoms with Crippen LogP contribution >= 0.6 is 11.6 Å². The minimum absolute atomic E-state index is 0.145. The van der Waals surface area contributed by atoms with E-state index in [4.69, 9.17) is 16.3 Å². The first-order valence-corrected chi connectivity index (χ1v) is 9.74. The summed E-state index contributed by atoms with van der Waals surface area (Å²) < 4.78 is 7.76. The number of nitrogens with one attached hydrogen (secondary N) is 1. The third-order valence-electron chi connectivity index (χ3n) is 4.88. The molecule has 0 spiro atoms. The monoisotopic (exact) mass is 395 g/mol. The maximum atomic E-state index is 13.1. The van der Waals surface area contributed by atoms with E-state index in [-0.39, 0.29) is 12.1 Å². The number of fused-ring (bicyclic) bond motifs is 1. The summed E-state index contributed by atoms with van der Waals surface area (Å²) in [7, 11) is 0. The van der Waals surface area contributed by atoms with Gasteiger partial charge in [0.25, 0.3) is 0 Å². The first kappa shape index (κ1) is 18.4. The summed E-state index contributed by atoms with van der Waals surface area (Å²) in [6.07, 6.45) is 2.06. The van der Waals surface area contributed by atoms with Gasteiger partial charge in [-0.05, 0) is 55.0 Å². The second-order valence-electron chi connectivity index (χ2n) is 6.66. The van der Waals surface area contributed by atoms with Crippen LogP contribution in [0.15, 0.2) is 66.9 Å². The number of anilines is 1. The fourth-order valence-electron chi connectivity index (χ4n) is 3.63. The number of ether oxygens (including phenoxy) is 1. The summed E-state index contributed by atoms with van der Waals surface area (Å²) in [5.41, 5.74) is 2.82. The fraction of sp³-hybridized carbons (Fsp3) is 0.227. The molecular weight excluding hydrogens is 374 g/mol. The Hall–Kier alpha value is -2.92. The average Bonchev–Trinajstić information content (AvgIpc) is 3.17. The normalized spacial score (nSPS) is 15.8. The van der Waals surface area contributed by atoms with Crippen molar-refractivity contribution in [3.63, 3.8) is 0 Å². The van der Waals surface area contributed by atoms with Gasteiger partial charge < -0.3 is 19.5 Å². The molecule has 0 fully saturated rings. The van der Waals surface area contributed by atoms with Gasteiger partial charge in [-0.25, -0.2) is 4.79 Å². The first-order valence-electron chi connectivity index (χ1n) is 9.36. The van der Waals surface area contributed by atoms with Crippen LogP contribution in [0.2, 0.25) is 5.02 Å². The van der Waals surface area contributed by atoms with E-state index in [1.165, 1.54) is 0 Å². The van der Waals surface area contributed by atoms with Crippen LogP contribution in [0.5, 0.6) is 5.75 Å². The number of aromatic nitrogens is 1. The Morgan fingerprint density at radius 2 is 1.96 bits per heavy atom. The molecule has 144 valence electrons. The van der Waals surface area contributed by atoms with Crippen LogP contribution < -0.4 is 10.1 Å². The minimum atomic E-state index is -0.168. The highest BCUT2D eigenvalue weighted by atomic mass is 35.5. The number of halogens is 1. The SMILES string of the molecule is CCOc1ccc([C@H]2c3cccn3CCN2C(=O)Nc2cccc(Cl)c2)cc1. The van der Waals surface area contributed by atoms with Gasteiger partial charge in [-0.1, -0.05) is 29.8 Å². The molecule has 0 unspecified atom stereocenters. The van der Waals surface area contributed by atoms with Gasteiger partial charge in [0.15, 0.2) is 0 Å². The molecule has 2 heterocycles. The van der Waals surface area contributed by atoms with Gasteiger partial charge >= 0.3 is 6.03 Å². The second kappa shape index (κ2) is 7.98. The highest BCUT2D eigenvalue weighted by Crippen LogP contribution is 2.33. The topological polar surface area (TPSA) is 46.5 Å². The predicted molar refractivity (Wildman–Crippen MR) is 111 cm³/mol. The van der Waals surface area contributed by atoms with Crippen molar-refractivity contribution in [1.82, 2.24) is 9.47 Å². The van der Waals surface area contributed by atoms with Crippen molar-refractivity contribution in [3.05, 3.63) is 83.1 Å². The van der Waals surface area contributed by atoms with E-state index >= 15 is 0 Å². The molecule has 0 saturated carbocycles. The largest absolute Gasteiger partial charge is 0.494 e. The lowest BCUT2D eigenvalue weighted by atomic mass is 10.00. The number of urea groups is 1. The summed E-state index contributed by atoms with van der Waals surface area (Å²) >= 11 is 6.05. The zero-order chi connectivity index (χ0) is 19.5. The van der Waals surface area contributed by atoms with Crippen LogP contribution in [-0.4, -0.2) is 28.6 Å². The number of benzene rings is 2. The second-order valence-corrected chi connectivity index (χ2v) is 7.10. The Labute approximate surface area is 169 Å². The average molecular weight is 396 g/mol. The lowest BCUT2D eigenvalue weighted by Gasteiger charge is -2.37. The Morgan fingerprint density at radius 1 is 1.14 bits per heavy atom. The summed E-state index contributed by atoms with van der Waals surface area (Å²) in [4.78, 5) is 15.0. The summed E-state index contributed by atoms with van der Waals surface area (Å²) in [6.45, 7) is 3.97. The fourth-order valence-corrected chi connectivity index (χ4v) is 3.82. The molecule has 5 nitrogen and oxygen atoms in total. The zero-order valence-electron chi connectivity index (χ0n) is 15.6. The molecule has 0 radical (unpaired) electrons. The van der Waals surface area contributed by atoms with Crippen LogP contribution in [0.3, 0.4) is 0 Å². The molecule has 1 N–H and O–H groups in total. The third kappa shape index (κ3) is 3.71. The number of carbonyl (C=O) groups excluding carboxylic acids is 1. The third-order valence-corrected chi connectivity index (χ3v) is 5.12. The van der Waals surface area contributed by atoms with Crippen molar-refractivity contribution < 1.29 is 9.53 Å². The van der Waals surface area contributed by atoms with Gasteiger partial charge in [0, 0.05) is 35.7 Å². The lowest BCUT2D eigenvalue weighted by Crippen LogP contribution is -2.44.